The van der Waals surface area contributed by atoms with Gasteiger partial charge in [-0.1, -0.05) is 32.0 Å². The lowest BCUT2D eigenvalue weighted by molar-refractivity contribution is -0.132. The van der Waals surface area contributed by atoms with Crippen molar-refractivity contribution >= 4 is 27.7 Å². The molecule has 0 aliphatic carbocycles. The Morgan fingerprint density at radius 1 is 1.32 bits per heavy atom. The van der Waals surface area contributed by atoms with Gasteiger partial charge >= 0.3 is 0 Å². The molecule has 1 amide bonds. The molecule has 0 radical (unpaired) electrons. The molecule has 8 heteroatoms. The fraction of sp³-hybridized carbons (Fsp3) is 0.588. The quantitative estimate of drug-likeness (QED) is 0.635. The highest BCUT2D eigenvalue weighted by Gasteiger charge is 2.30. The normalized spacial score (nSPS) is 13.5. The fourth-order valence-corrected chi connectivity index (χ4v) is 4.09. The maximum Gasteiger partial charge on any atom is 0.241 e. The lowest BCUT2D eigenvalue weighted by Gasteiger charge is -2.31. The van der Waals surface area contributed by atoms with Crippen LogP contribution in [0.3, 0.4) is 0 Å². The van der Waals surface area contributed by atoms with Gasteiger partial charge in [-0.15, -0.1) is 0 Å². The minimum Gasteiger partial charge on any atom is -0.344 e. The van der Waals surface area contributed by atoms with Crippen LogP contribution in [-0.4, -0.2) is 57.4 Å². The molecule has 0 aromatic heterocycles. The van der Waals surface area contributed by atoms with E-state index in [2.05, 4.69) is 4.72 Å². The molecule has 1 unspecified atom stereocenters. The van der Waals surface area contributed by atoms with Gasteiger partial charge in [0.25, 0.3) is 0 Å². The van der Waals surface area contributed by atoms with Gasteiger partial charge in [0.05, 0.1) is 4.90 Å². The Morgan fingerprint density at radius 2 is 1.92 bits per heavy atom. The fourth-order valence-electron chi connectivity index (χ4n) is 2.37. The number of hydrogen-bond donors (Lipinski definition) is 2. The molecule has 0 heterocycles. The van der Waals surface area contributed by atoms with Crippen molar-refractivity contribution in [2.45, 2.75) is 31.2 Å². The Kier molecular flexibility index (Phi) is 8.40. The molecule has 0 bridgehead atoms. The van der Waals surface area contributed by atoms with Gasteiger partial charge in [-0.2, -0.15) is 16.5 Å². The van der Waals surface area contributed by atoms with Crippen molar-refractivity contribution in [2.75, 3.05) is 32.1 Å². The summed E-state index contributed by atoms with van der Waals surface area (Å²) in [4.78, 5) is 14.5. The number of amides is 1. The largest absolute Gasteiger partial charge is 0.344 e. The van der Waals surface area contributed by atoms with Crippen molar-refractivity contribution in [3.63, 3.8) is 0 Å². The number of hydrogen-bond acceptors (Lipinski definition) is 5. The van der Waals surface area contributed by atoms with Gasteiger partial charge in [0, 0.05) is 13.6 Å². The molecule has 0 saturated carbocycles. The van der Waals surface area contributed by atoms with Gasteiger partial charge in [-0.25, -0.2) is 8.42 Å². The number of carbonyl (C=O) groups is 1. The molecule has 6 nitrogen and oxygen atoms in total. The minimum absolute atomic E-state index is 0.155. The summed E-state index contributed by atoms with van der Waals surface area (Å²) in [5, 5.41) is 0. The predicted octanol–water partition coefficient (Wildman–Crippen LogP) is 1.53. The molecule has 0 aliphatic rings. The highest BCUT2D eigenvalue weighted by atomic mass is 32.2. The summed E-state index contributed by atoms with van der Waals surface area (Å²) in [6.45, 7) is 4.85. The number of rotatable bonds is 10. The van der Waals surface area contributed by atoms with Crippen LogP contribution in [0.2, 0.25) is 0 Å². The first kappa shape index (κ1) is 22.0. The van der Waals surface area contributed by atoms with E-state index in [9.17, 15) is 13.2 Å². The standard InChI is InChI=1S/C17H29N3O3S2/c1-17(2,12-18)13-20(3)16(21)15(10-11-24-4)19-25(22,23)14-8-6-5-7-9-14/h5-9,15,19H,10-13,18H2,1-4H3. The zero-order chi connectivity index (χ0) is 19.1. The van der Waals surface area contributed by atoms with E-state index < -0.39 is 16.1 Å². The van der Waals surface area contributed by atoms with E-state index in [-0.39, 0.29) is 16.2 Å². The molecular weight excluding hydrogens is 358 g/mol. The molecule has 0 spiro atoms. The second-order valence-corrected chi connectivity index (χ2v) is 9.53. The van der Waals surface area contributed by atoms with E-state index in [1.165, 1.54) is 12.1 Å². The van der Waals surface area contributed by atoms with Crippen molar-refractivity contribution in [3.05, 3.63) is 30.3 Å². The monoisotopic (exact) mass is 387 g/mol. The summed E-state index contributed by atoms with van der Waals surface area (Å²) in [5.41, 5.74) is 5.51. The lowest BCUT2D eigenvalue weighted by atomic mass is 9.93. The van der Waals surface area contributed by atoms with Gasteiger partial charge in [0.1, 0.15) is 6.04 Å². The highest BCUT2D eigenvalue weighted by Crippen LogP contribution is 2.16. The van der Waals surface area contributed by atoms with Crippen LogP contribution in [0.1, 0.15) is 20.3 Å². The average Bonchev–Trinajstić information content (AvgIpc) is 2.58. The van der Waals surface area contributed by atoms with Crippen LogP contribution in [0, 0.1) is 5.41 Å². The lowest BCUT2D eigenvalue weighted by Crippen LogP contribution is -2.50. The Hall–Kier alpha value is -1.09. The van der Waals surface area contributed by atoms with E-state index in [1.54, 1.807) is 41.9 Å². The Morgan fingerprint density at radius 3 is 2.44 bits per heavy atom. The molecule has 1 aromatic carbocycles. The van der Waals surface area contributed by atoms with Gasteiger partial charge < -0.3 is 10.6 Å². The molecule has 3 N–H and O–H groups in total. The van der Waals surface area contributed by atoms with Crippen LogP contribution in [0.15, 0.2) is 35.2 Å². The van der Waals surface area contributed by atoms with Crippen LogP contribution in [0.25, 0.3) is 0 Å². The van der Waals surface area contributed by atoms with Gasteiger partial charge in [0.15, 0.2) is 0 Å². The van der Waals surface area contributed by atoms with Gasteiger partial charge in [-0.05, 0) is 42.5 Å². The summed E-state index contributed by atoms with van der Waals surface area (Å²) in [6.07, 6.45) is 2.36. The number of sulfonamides is 1. The minimum atomic E-state index is -3.75. The maximum absolute atomic E-state index is 12.8. The Labute approximate surface area is 155 Å². The van der Waals surface area contributed by atoms with E-state index in [1.807, 2.05) is 20.1 Å². The summed E-state index contributed by atoms with van der Waals surface area (Å²) in [6, 6.07) is 7.29. The number of nitrogens with two attached hydrogens (primary N) is 1. The Bertz CT molecular complexity index is 648. The van der Waals surface area contributed by atoms with Crippen molar-refractivity contribution in [2.24, 2.45) is 11.1 Å². The first-order valence-corrected chi connectivity index (χ1v) is 11.0. The molecule has 1 rings (SSSR count). The van der Waals surface area contributed by atoms with Crippen molar-refractivity contribution in [1.29, 1.82) is 0 Å². The van der Waals surface area contributed by atoms with Crippen LogP contribution >= 0.6 is 11.8 Å². The smallest absolute Gasteiger partial charge is 0.241 e. The van der Waals surface area contributed by atoms with Crippen LogP contribution in [0.4, 0.5) is 0 Å². The summed E-state index contributed by atoms with van der Waals surface area (Å²) in [7, 11) is -2.07. The molecule has 142 valence electrons. The third kappa shape index (κ3) is 6.97. The van der Waals surface area contributed by atoms with Gasteiger partial charge in [0.2, 0.25) is 15.9 Å². The second-order valence-electron chi connectivity index (χ2n) is 6.83. The highest BCUT2D eigenvalue weighted by molar-refractivity contribution is 7.98. The van der Waals surface area contributed by atoms with Crippen LogP contribution in [0.5, 0.6) is 0 Å². The number of benzene rings is 1. The van der Waals surface area contributed by atoms with E-state index >= 15 is 0 Å². The number of nitrogens with zero attached hydrogens (tertiary/aromatic N) is 1. The predicted molar refractivity (Wildman–Crippen MR) is 104 cm³/mol. The number of thioether (sulfide) groups is 1. The van der Waals surface area contributed by atoms with Crippen molar-refractivity contribution in [3.8, 4) is 0 Å². The first-order chi connectivity index (χ1) is 11.6. The van der Waals surface area contributed by atoms with Crippen molar-refractivity contribution in [1.82, 2.24) is 9.62 Å². The SMILES string of the molecule is CSCCC(NS(=O)(=O)c1ccccc1)C(=O)N(C)CC(C)(C)CN. The number of nitrogens with one attached hydrogen (secondary N) is 1. The second kappa shape index (κ2) is 9.56. The van der Waals surface area contributed by atoms with E-state index in [0.29, 0.717) is 25.3 Å². The zero-order valence-corrected chi connectivity index (χ0v) is 17.0. The molecule has 1 atom stereocenters. The maximum atomic E-state index is 12.8. The summed E-state index contributed by atoms with van der Waals surface area (Å²) >= 11 is 1.57. The molecule has 0 fully saturated rings. The molecule has 25 heavy (non-hydrogen) atoms. The molecular formula is C17H29N3O3S2. The van der Waals surface area contributed by atoms with Gasteiger partial charge in [-0.3, -0.25) is 4.79 Å². The van der Waals surface area contributed by atoms with Crippen molar-refractivity contribution < 1.29 is 13.2 Å². The van der Waals surface area contributed by atoms with Crippen LogP contribution in [-0.2, 0) is 14.8 Å². The number of carbonyl (C=O) groups excluding carboxylic acids is 1. The number of likely N-dealkylation sites (N-methyl/N-ethyl adjacent to an activating group) is 1. The van der Waals surface area contributed by atoms with E-state index in [0.717, 1.165) is 0 Å². The molecule has 1 aromatic rings. The third-order valence-corrected chi connectivity index (χ3v) is 5.99. The Balaban J connectivity index is 2.95. The zero-order valence-electron chi connectivity index (χ0n) is 15.4. The summed E-state index contributed by atoms with van der Waals surface area (Å²) in [5.74, 6) is 0.442. The third-order valence-electron chi connectivity index (χ3n) is 3.85. The van der Waals surface area contributed by atoms with Crippen LogP contribution < -0.4 is 10.5 Å². The summed E-state index contributed by atoms with van der Waals surface area (Å²) < 4.78 is 27.7. The average molecular weight is 388 g/mol. The molecule has 0 aliphatic heterocycles. The topological polar surface area (TPSA) is 92.5 Å². The first-order valence-electron chi connectivity index (χ1n) is 8.14. The van der Waals surface area contributed by atoms with E-state index in [4.69, 9.17) is 5.73 Å². The molecule has 0 saturated heterocycles.